The van der Waals surface area contributed by atoms with E-state index in [1.54, 1.807) is 0 Å². The Bertz CT molecular complexity index is 982. The number of hydrazone groups is 1. The number of nitrogens with zero attached hydrogens (tertiary/aromatic N) is 2. The Morgan fingerprint density at radius 2 is 1.52 bits per heavy atom. The maximum absolute atomic E-state index is 6.24. The molecule has 1 heterocycles. The molecular formula is C23H18Cl2N2. The fraction of sp³-hybridized carbons (Fsp3) is 0.0870. The Balaban J connectivity index is 1.67. The third-order valence-electron chi connectivity index (χ3n) is 4.55. The molecular weight excluding hydrogens is 375 g/mol. The van der Waals surface area contributed by atoms with Crippen LogP contribution in [-0.2, 0) is 0 Å². The van der Waals surface area contributed by atoms with E-state index in [1.165, 1.54) is 5.56 Å². The van der Waals surface area contributed by atoms with Crippen molar-refractivity contribution < 1.29 is 0 Å². The van der Waals surface area contributed by atoms with Gasteiger partial charge in [0.2, 0.25) is 0 Å². The predicted octanol–water partition coefficient (Wildman–Crippen LogP) is 7.01. The third-order valence-corrected chi connectivity index (χ3v) is 5.29. The maximum Gasteiger partial charge on any atom is 0.0831 e. The summed E-state index contributed by atoms with van der Waals surface area (Å²) in [7, 11) is 0. The van der Waals surface area contributed by atoms with Crippen LogP contribution in [0.15, 0.2) is 90.0 Å². The fourth-order valence-electron chi connectivity index (χ4n) is 3.19. The van der Waals surface area contributed by atoms with Gasteiger partial charge < -0.3 is 0 Å². The highest BCUT2D eigenvalue weighted by Gasteiger charge is 2.28. The van der Waals surface area contributed by atoms with Crippen LogP contribution in [0.25, 0.3) is 6.08 Å². The lowest BCUT2D eigenvalue weighted by Gasteiger charge is -2.24. The van der Waals surface area contributed by atoms with Crippen molar-refractivity contribution in [3.63, 3.8) is 0 Å². The van der Waals surface area contributed by atoms with Gasteiger partial charge in [0.25, 0.3) is 0 Å². The molecule has 0 saturated carbocycles. The number of hydrogen-bond acceptors (Lipinski definition) is 2. The lowest BCUT2D eigenvalue weighted by Crippen LogP contribution is -2.18. The summed E-state index contributed by atoms with van der Waals surface area (Å²) in [5, 5.41) is 7.97. The molecule has 1 aliphatic rings. The van der Waals surface area contributed by atoms with Crippen LogP contribution in [0.5, 0.6) is 0 Å². The van der Waals surface area contributed by atoms with Crippen molar-refractivity contribution in [1.29, 1.82) is 0 Å². The highest BCUT2D eigenvalue weighted by atomic mass is 35.5. The van der Waals surface area contributed by atoms with E-state index in [9.17, 15) is 0 Å². The van der Waals surface area contributed by atoms with E-state index in [4.69, 9.17) is 28.3 Å². The van der Waals surface area contributed by atoms with Crippen molar-refractivity contribution in [3.05, 3.63) is 106 Å². The molecule has 0 radical (unpaired) electrons. The van der Waals surface area contributed by atoms with Crippen LogP contribution >= 0.6 is 23.2 Å². The standard InChI is InChI=1S/C23H18Cl2N2/c24-21-14-13-20(16-22(21)25)27-23(18-9-5-2-6-10-18)15-19(26-27)12-11-17-7-3-1-4-8-17/h1-14,16,23H,15H2. The van der Waals surface area contributed by atoms with E-state index in [0.717, 1.165) is 23.4 Å². The number of anilines is 1. The van der Waals surface area contributed by atoms with Gasteiger partial charge in [-0.15, -0.1) is 0 Å². The molecule has 0 aliphatic carbocycles. The lowest BCUT2D eigenvalue weighted by atomic mass is 10.0. The van der Waals surface area contributed by atoms with Crippen LogP contribution in [0.2, 0.25) is 10.0 Å². The molecule has 0 aromatic heterocycles. The van der Waals surface area contributed by atoms with Crippen LogP contribution in [0.1, 0.15) is 23.6 Å². The Labute approximate surface area is 169 Å². The quantitative estimate of drug-likeness (QED) is 0.465. The van der Waals surface area contributed by atoms with E-state index in [0.29, 0.717) is 10.0 Å². The molecule has 0 bridgehead atoms. The summed E-state index contributed by atoms with van der Waals surface area (Å²) < 4.78 is 0. The predicted molar refractivity (Wildman–Crippen MR) is 116 cm³/mol. The van der Waals surface area contributed by atoms with Gasteiger partial charge in [-0.3, -0.25) is 5.01 Å². The first kappa shape index (κ1) is 17.8. The molecule has 0 saturated heterocycles. The molecule has 0 amide bonds. The summed E-state index contributed by atoms with van der Waals surface area (Å²) in [6.07, 6.45) is 5.01. The summed E-state index contributed by atoms with van der Waals surface area (Å²) in [5.74, 6) is 0. The van der Waals surface area contributed by atoms with Gasteiger partial charge in [-0.2, -0.15) is 5.10 Å². The van der Waals surface area contributed by atoms with E-state index >= 15 is 0 Å². The van der Waals surface area contributed by atoms with Crippen molar-refractivity contribution in [3.8, 4) is 0 Å². The minimum Gasteiger partial charge on any atom is -0.257 e. The molecule has 0 spiro atoms. The maximum atomic E-state index is 6.24. The van der Waals surface area contributed by atoms with Crippen LogP contribution in [0.3, 0.4) is 0 Å². The summed E-state index contributed by atoms with van der Waals surface area (Å²) in [6.45, 7) is 0. The average Bonchev–Trinajstić information content (AvgIpc) is 3.14. The minimum absolute atomic E-state index is 0.124. The third kappa shape index (κ3) is 4.08. The highest BCUT2D eigenvalue weighted by Crippen LogP contribution is 2.37. The monoisotopic (exact) mass is 392 g/mol. The van der Waals surface area contributed by atoms with Crippen molar-refractivity contribution in [2.24, 2.45) is 5.10 Å². The van der Waals surface area contributed by atoms with Gasteiger partial charge in [-0.05, 0) is 35.4 Å². The lowest BCUT2D eigenvalue weighted by molar-refractivity contribution is 0.709. The van der Waals surface area contributed by atoms with E-state index in [2.05, 4.69) is 48.6 Å². The number of allylic oxidation sites excluding steroid dienone is 1. The zero-order chi connectivity index (χ0) is 18.6. The van der Waals surface area contributed by atoms with Gasteiger partial charge in [0.1, 0.15) is 0 Å². The Morgan fingerprint density at radius 3 is 2.22 bits per heavy atom. The van der Waals surface area contributed by atoms with Gasteiger partial charge in [0.05, 0.1) is 27.5 Å². The minimum atomic E-state index is 0.124. The SMILES string of the molecule is Clc1ccc(N2N=C(C=Cc3ccccc3)CC2c2ccccc2)cc1Cl. The topological polar surface area (TPSA) is 15.6 Å². The molecule has 1 aliphatic heterocycles. The van der Waals surface area contributed by atoms with E-state index in [-0.39, 0.29) is 6.04 Å². The molecule has 3 aromatic carbocycles. The smallest absolute Gasteiger partial charge is 0.0831 e. The first-order valence-electron chi connectivity index (χ1n) is 8.80. The molecule has 2 nitrogen and oxygen atoms in total. The normalized spacial score (nSPS) is 16.7. The van der Waals surface area contributed by atoms with Gasteiger partial charge in [0, 0.05) is 6.42 Å². The average molecular weight is 393 g/mol. The molecule has 27 heavy (non-hydrogen) atoms. The number of benzene rings is 3. The second-order valence-electron chi connectivity index (χ2n) is 6.41. The van der Waals surface area contributed by atoms with Crippen LogP contribution in [0.4, 0.5) is 5.69 Å². The van der Waals surface area contributed by atoms with E-state index in [1.807, 2.05) is 47.5 Å². The zero-order valence-electron chi connectivity index (χ0n) is 14.6. The molecule has 1 atom stereocenters. The van der Waals surface area contributed by atoms with Crippen LogP contribution in [-0.4, -0.2) is 5.71 Å². The first-order valence-corrected chi connectivity index (χ1v) is 9.56. The highest BCUT2D eigenvalue weighted by molar-refractivity contribution is 6.42. The van der Waals surface area contributed by atoms with Crippen molar-refractivity contribution in [2.45, 2.75) is 12.5 Å². The molecule has 4 heteroatoms. The fourth-order valence-corrected chi connectivity index (χ4v) is 3.48. The zero-order valence-corrected chi connectivity index (χ0v) is 16.1. The summed E-state index contributed by atoms with van der Waals surface area (Å²) in [6, 6.07) is 26.4. The van der Waals surface area contributed by atoms with E-state index < -0.39 is 0 Å². The molecule has 0 fully saturated rings. The Hall–Kier alpha value is -2.55. The van der Waals surface area contributed by atoms with Crippen molar-refractivity contribution >= 4 is 40.7 Å². The summed E-state index contributed by atoms with van der Waals surface area (Å²) in [4.78, 5) is 0. The Kier molecular flexibility index (Phi) is 5.28. The van der Waals surface area contributed by atoms with Gasteiger partial charge in [-0.25, -0.2) is 0 Å². The van der Waals surface area contributed by atoms with Gasteiger partial charge >= 0.3 is 0 Å². The van der Waals surface area contributed by atoms with Crippen LogP contribution < -0.4 is 5.01 Å². The number of halogens is 2. The molecule has 4 rings (SSSR count). The second-order valence-corrected chi connectivity index (χ2v) is 7.22. The molecule has 1 unspecified atom stereocenters. The van der Waals surface area contributed by atoms with Crippen molar-refractivity contribution in [2.75, 3.05) is 5.01 Å². The molecule has 134 valence electrons. The van der Waals surface area contributed by atoms with Gasteiger partial charge in [0.15, 0.2) is 0 Å². The molecule has 3 aromatic rings. The number of rotatable bonds is 4. The largest absolute Gasteiger partial charge is 0.257 e. The second kappa shape index (κ2) is 7.99. The first-order chi connectivity index (χ1) is 13.2. The van der Waals surface area contributed by atoms with Crippen LogP contribution in [0, 0.1) is 0 Å². The van der Waals surface area contributed by atoms with Gasteiger partial charge in [-0.1, -0.05) is 89.9 Å². The molecule has 0 N–H and O–H groups in total. The summed E-state index contributed by atoms with van der Waals surface area (Å²) >= 11 is 12.3. The van der Waals surface area contributed by atoms with Crippen molar-refractivity contribution in [1.82, 2.24) is 0 Å². The summed E-state index contributed by atoms with van der Waals surface area (Å²) in [5.41, 5.74) is 4.33. The Morgan fingerprint density at radius 1 is 0.815 bits per heavy atom. The number of hydrogen-bond donors (Lipinski definition) is 0.